The van der Waals surface area contributed by atoms with Crippen molar-refractivity contribution in [1.29, 1.82) is 0 Å². The normalized spacial score (nSPS) is 16.8. The molecule has 0 fully saturated rings. The van der Waals surface area contributed by atoms with Crippen molar-refractivity contribution in [3.63, 3.8) is 0 Å². The summed E-state index contributed by atoms with van der Waals surface area (Å²) in [4.78, 5) is 24.2. The number of carbonyl (C=O) groups excluding carboxylic acids is 2. The third-order valence-electron chi connectivity index (χ3n) is 3.79. The van der Waals surface area contributed by atoms with Gasteiger partial charge in [0.1, 0.15) is 0 Å². The van der Waals surface area contributed by atoms with Crippen LogP contribution in [0.25, 0.3) is 0 Å². The fourth-order valence-electron chi connectivity index (χ4n) is 2.60. The molecule has 0 bridgehead atoms. The topological polar surface area (TPSA) is 55.4 Å². The summed E-state index contributed by atoms with van der Waals surface area (Å²) < 4.78 is 5.84. The lowest BCUT2D eigenvalue weighted by Crippen LogP contribution is -2.53. The van der Waals surface area contributed by atoms with Gasteiger partial charge in [-0.05, 0) is 63.1 Å². The van der Waals surface area contributed by atoms with Crippen LogP contribution in [0, 0.1) is 6.92 Å². The van der Waals surface area contributed by atoms with Crippen LogP contribution < -0.4 is 5.32 Å². The second kappa shape index (κ2) is 6.28. The van der Waals surface area contributed by atoms with Crippen molar-refractivity contribution < 1.29 is 14.3 Å². The van der Waals surface area contributed by atoms with Crippen LogP contribution in [0.5, 0.6) is 0 Å². The van der Waals surface area contributed by atoms with E-state index in [-0.39, 0.29) is 11.7 Å². The Morgan fingerprint density at radius 1 is 1.09 bits per heavy atom. The number of ketones is 1. The third kappa shape index (κ3) is 3.02. The number of carbonyl (C=O) groups is 2. The largest absolute Gasteiger partial charge is 0.348 e. The summed E-state index contributed by atoms with van der Waals surface area (Å²) in [5, 5.41) is 2.94. The summed E-state index contributed by atoms with van der Waals surface area (Å²) in [6.45, 7) is 7.82. The first kappa shape index (κ1) is 16.2. The lowest BCUT2D eigenvalue weighted by Gasteiger charge is -2.38. The molecule has 0 spiro atoms. The molecule has 0 aliphatic heterocycles. The first-order chi connectivity index (χ1) is 10.4. The average Bonchev–Trinajstić information content (AvgIpc) is 2.45. The SMILES string of the molecule is CCOC1(NC(=O)c2ccc(C)cc2)C(C)=CC(=O)C=C1C. The maximum Gasteiger partial charge on any atom is 0.253 e. The van der Waals surface area contributed by atoms with Gasteiger partial charge in [0.05, 0.1) is 0 Å². The molecule has 0 aromatic heterocycles. The lowest BCUT2D eigenvalue weighted by atomic mass is 9.89. The summed E-state index contributed by atoms with van der Waals surface area (Å²) in [7, 11) is 0. The number of amides is 1. The van der Waals surface area contributed by atoms with Crippen LogP contribution in [0.2, 0.25) is 0 Å². The molecule has 4 heteroatoms. The van der Waals surface area contributed by atoms with E-state index in [2.05, 4.69) is 5.32 Å². The molecule has 0 atom stereocenters. The zero-order valence-corrected chi connectivity index (χ0v) is 13.4. The third-order valence-corrected chi connectivity index (χ3v) is 3.79. The molecule has 1 aliphatic rings. The highest BCUT2D eigenvalue weighted by Crippen LogP contribution is 2.31. The Hall–Kier alpha value is -2.20. The van der Waals surface area contributed by atoms with Gasteiger partial charge in [-0.3, -0.25) is 9.59 Å². The Bertz CT molecular complexity index is 631. The molecule has 22 heavy (non-hydrogen) atoms. The maximum atomic E-state index is 12.5. The Balaban J connectivity index is 2.35. The van der Waals surface area contributed by atoms with Gasteiger partial charge < -0.3 is 10.1 Å². The van der Waals surface area contributed by atoms with Gasteiger partial charge in [0.25, 0.3) is 5.91 Å². The second-order valence-corrected chi connectivity index (χ2v) is 5.49. The summed E-state index contributed by atoms with van der Waals surface area (Å²) in [6, 6.07) is 7.32. The van der Waals surface area contributed by atoms with E-state index >= 15 is 0 Å². The molecule has 0 radical (unpaired) electrons. The molecule has 2 rings (SSSR count). The molecule has 1 amide bonds. The molecule has 0 saturated carbocycles. The van der Waals surface area contributed by atoms with Gasteiger partial charge in [-0.2, -0.15) is 0 Å². The van der Waals surface area contributed by atoms with Crippen molar-refractivity contribution in [1.82, 2.24) is 5.32 Å². The summed E-state index contributed by atoms with van der Waals surface area (Å²) in [6.07, 6.45) is 3.00. The van der Waals surface area contributed by atoms with E-state index in [0.29, 0.717) is 23.3 Å². The highest BCUT2D eigenvalue weighted by Gasteiger charge is 2.39. The zero-order valence-electron chi connectivity index (χ0n) is 13.4. The quantitative estimate of drug-likeness (QED) is 0.870. The van der Waals surface area contributed by atoms with Crippen LogP contribution in [0.15, 0.2) is 47.6 Å². The number of hydrogen-bond acceptors (Lipinski definition) is 3. The predicted octanol–water partition coefficient (Wildman–Crippen LogP) is 2.93. The van der Waals surface area contributed by atoms with Crippen molar-refractivity contribution in [2.75, 3.05) is 6.61 Å². The van der Waals surface area contributed by atoms with E-state index in [1.807, 2.05) is 26.0 Å². The molecule has 1 aromatic rings. The van der Waals surface area contributed by atoms with Gasteiger partial charge in [-0.1, -0.05) is 17.7 Å². The Labute approximate surface area is 130 Å². The van der Waals surface area contributed by atoms with E-state index in [1.165, 1.54) is 12.2 Å². The fourth-order valence-corrected chi connectivity index (χ4v) is 2.60. The second-order valence-electron chi connectivity index (χ2n) is 5.49. The lowest BCUT2D eigenvalue weighted by molar-refractivity contribution is -0.111. The van der Waals surface area contributed by atoms with Crippen LogP contribution in [0.1, 0.15) is 36.7 Å². The molecule has 1 aromatic carbocycles. The predicted molar refractivity (Wildman–Crippen MR) is 85.5 cm³/mol. The average molecular weight is 299 g/mol. The minimum Gasteiger partial charge on any atom is -0.348 e. The summed E-state index contributed by atoms with van der Waals surface area (Å²) in [5.74, 6) is -0.321. The van der Waals surface area contributed by atoms with Gasteiger partial charge in [0.15, 0.2) is 11.5 Å². The standard InChI is InChI=1S/C18H21NO3/c1-5-22-18(13(3)10-16(20)11-14(18)4)19-17(21)15-8-6-12(2)7-9-15/h6-11H,5H2,1-4H3,(H,19,21). The van der Waals surface area contributed by atoms with Crippen molar-refractivity contribution in [3.8, 4) is 0 Å². The van der Waals surface area contributed by atoms with Crippen molar-refractivity contribution in [3.05, 3.63) is 58.7 Å². The zero-order chi connectivity index (χ0) is 16.3. The van der Waals surface area contributed by atoms with E-state index in [0.717, 1.165) is 5.56 Å². The minimum atomic E-state index is -1.05. The number of allylic oxidation sites excluding steroid dienone is 2. The maximum absolute atomic E-state index is 12.5. The van der Waals surface area contributed by atoms with Gasteiger partial charge in [0.2, 0.25) is 0 Å². The number of rotatable bonds is 4. The van der Waals surface area contributed by atoms with Crippen LogP contribution in [0.4, 0.5) is 0 Å². The van der Waals surface area contributed by atoms with Gasteiger partial charge in [0, 0.05) is 12.2 Å². The summed E-state index contributed by atoms with van der Waals surface area (Å²) >= 11 is 0. The van der Waals surface area contributed by atoms with E-state index in [4.69, 9.17) is 4.74 Å². The van der Waals surface area contributed by atoms with Crippen LogP contribution >= 0.6 is 0 Å². The summed E-state index contributed by atoms with van der Waals surface area (Å²) in [5.41, 5.74) is 1.96. The van der Waals surface area contributed by atoms with Crippen molar-refractivity contribution in [2.45, 2.75) is 33.4 Å². The fraction of sp³-hybridized carbons (Fsp3) is 0.333. The first-order valence-electron chi connectivity index (χ1n) is 7.33. The molecule has 0 unspecified atom stereocenters. The van der Waals surface area contributed by atoms with E-state index in [1.54, 1.807) is 26.0 Å². The molecule has 4 nitrogen and oxygen atoms in total. The molecule has 1 aliphatic carbocycles. The van der Waals surface area contributed by atoms with Crippen LogP contribution in [-0.4, -0.2) is 24.0 Å². The first-order valence-corrected chi connectivity index (χ1v) is 7.33. The van der Waals surface area contributed by atoms with E-state index in [9.17, 15) is 9.59 Å². The Kier molecular flexibility index (Phi) is 4.62. The van der Waals surface area contributed by atoms with E-state index < -0.39 is 5.72 Å². The monoisotopic (exact) mass is 299 g/mol. The highest BCUT2D eigenvalue weighted by molar-refractivity contribution is 6.03. The molecule has 116 valence electrons. The van der Waals surface area contributed by atoms with Gasteiger partial charge in [-0.15, -0.1) is 0 Å². The van der Waals surface area contributed by atoms with Gasteiger partial charge in [-0.25, -0.2) is 0 Å². The van der Waals surface area contributed by atoms with Crippen molar-refractivity contribution in [2.24, 2.45) is 0 Å². The Morgan fingerprint density at radius 3 is 2.14 bits per heavy atom. The molecular formula is C18H21NO3. The minimum absolute atomic E-state index is 0.0880. The van der Waals surface area contributed by atoms with Gasteiger partial charge >= 0.3 is 0 Å². The molecule has 0 saturated heterocycles. The number of ether oxygens (including phenoxy) is 1. The molecule has 1 N–H and O–H groups in total. The number of hydrogen-bond donors (Lipinski definition) is 1. The van der Waals surface area contributed by atoms with Crippen LogP contribution in [-0.2, 0) is 9.53 Å². The van der Waals surface area contributed by atoms with Crippen molar-refractivity contribution >= 4 is 11.7 Å². The van der Waals surface area contributed by atoms with Crippen LogP contribution in [0.3, 0.4) is 0 Å². The highest BCUT2D eigenvalue weighted by atomic mass is 16.5. The number of nitrogens with one attached hydrogen (secondary N) is 1. The number of aryl methyl sites for hydroxylation is 1. The number of benzene rings is 1. The Morgan fingerprint density at radius 2 is 1.64 bits per heavy atom. The molecule has 0 heterocycles. The smallest absolute Gasteiger partial charge is 0.253 e. The molecular weight excluding hydrogens is 278 g/mol.